The lowest BCUT2D eigenvalue weighted by Gasteiger charge is -2.08. The number of hydrogen-bond acceptors (Lipinski definition) is 4. The number of nitrogens with zero attached hydrogens (tertiary/aromatic N) is 2. The van der Waals surface area contributed by atoms with E-state index in [0.717, 1.165) is 24.8 Å². The first-order chi connectivity index (χ1) is 12.1. The van der Waals surface area contributed by atoms with Gasteiger partial charge in [0.1, 0.15) is 5.82 Å². The number of nitrogens with one attached hydrogen (secondary N) is 3. The molecule has 0 spiro atoms. The molecule has 1 amide bonds. The fourth-order valence-corrected chi connectivity index (χ4v) is 2.96. The molecule has 3 N–H and O–H groups in total. The van der Waals surface area contributed by atoms with Crippen molar-refractivity contribution < 1.29 is 4.79 Å². The first-order valence-electron chi connectivity index (χ1n) is 8.16. The SMILES string of the molecule is O=C(CCCCCn1c(=S)[nH]c2ccccc2c1=O)Nc1ccn[nH]1. The summed E-state index contributed by atoms with van der Waals surface area (Å²) in [5.41, 5.74) is 0.681. The fourth-order valence-electron chi connectivity index (χ4n) is 2.67. The van der Waals surface area contributed by atoms with Crippen LogP contribution in [-0.2, 0) is 11.3 Å². The van der Waals surface area contributed by atoms with Crippen molar-refractivity contribution in [3.8, 4) is 0 Å². The quantitative estimate of drug-likeness (QED) is 0.447. The van der Waals surface area contributed by atoms with Crippen molar-refractivity contribution in [2.24, 2.45) is 0 Å². The maximum Gasteiger partial charge on any atom is 0.262 e. The van der Waals surface area contributed by atoms with Gasteiger partial charge in [-0.3, -0.25) is 19.3 Å². The van der Waals surface area contributed by atoms with Gasteiger partial charge in [0.15, 0.2) is 4.77 Å². The molecule has 8 heteroatoms. The number of rotatable bonds is 7. The molecule has 0 saturated carbocycles. The molecule has 0 aliphatic carbocycles. The summed E-state index contributed by atoms with van der Waals surface area (Å²) in [4.78, 5) is 27.4. The summed E-state index contributed by atoms with van der Waals surface area (Å²) in [7, 11) is 0. The fraction of sp³-hybridized carbons (Fsp3) is 0.294. The van der Waals surface area contributed by atoms with Crippen molar-refractivity contribution in [3.63, 3.8) is 0 Å². The number of aromatic nitrogens is 4. The molecule has 130 valence electrons. The van der Waals surface area contributed by atoms with E-state index in [1.54, 1.807) is 22.9 Å². The molecule has 0 atom stereocenters. The number of unbranched alkanes of at least 4 members (excludes halogenated alkanes) is 2. The molecule has 0 bridgehead atoms. The molecule has 0 aliphatic heterocycles. The largest absolute Gasteiger partial charge is 0.332 e. The van der Waals surface area contributed by atoms with Gasteiger partial charge in [-0.2, -0.15) is 5.10 Å². The number of amides is 1. The molecule has 3 aromatic rings. The second kappa shape index (κ2) is 7.89. The number of aromatic amines is 2. The van der Waals surface area contributed by atoms with Crippen molar-refractivity contribution in [1.82, 2.24) is 19.7 Å². The third-order valence-corrected chi connectivity index (χ3v) is 4.27. The zero-order valence-electron chi connectivity index (χ0n) is 13.6. The monoisotopic (exact) mass is 357 g/mol. The average molecular weight is 357 g/mol. The van der Waals surface area contributed by atoms with E-state index >= 15 is 0 Å². The zero-order valence-corrected chi connectivity index (χ0v) is 14.4. The summed E-state index contributed by atoms with van der Waals surface area (Å²) < 4.78 is 2.02. The van der Waals surface area contributed by atoms with Gasteiger partial charge in [-0.1, -0.05) is 18.6 Å². The van der Waals surface area contributed by atoms with E-state index in [1.165, 1.54) is 0 Å². The lowest BCUT2D eigenvalue weighted by molar-refractivity contribution is -0.116. The maximum absolute atomic E-state index is 12.5. The van der Waals surface area contributed by atoms with Crippen LogP contribution in [0.25, 0.3) is 10.9 Å². The highest BCUT2D eigenvalue weighted by Gasteiger charge is 2.06. The third kappa shape index (κ3) is 4.21. The smallest absolute Gasteiger partial charge is 0.262 e. The Bertz CT molecular complexity index is 975. The Labute approximate surface area is 149 Å². The molecular weight excluding hydrogens is 338 g/mol. The number of H-pyrrole nitrogens is 2. The number of para-hydroxylation sites is 1. The van der Waals surface area contributed by atoms with Gasteiger partial charge in [0.25, 0.3) is 5.56 Å². The minimum absolute atomic E-state index is 0.0515. The number of carbonyl (C=O) groups excluding carboxylic acids is 1. The van der Waals surface area contributed by atoms with E-state index in [2.05, 4.69) is 20.5 Å². The molecule has 0 unspecified atom stereocenters. The minimum atomic E-state index is -0.0728. The minimum Gasteiger partial charge on any atom is -0.332 e. The van der Waals surface area contributed by atoms with Crippen LogP contribution in [0.5, 0.6) is 0 Å². The molecule has 2 heterocycles. The number of fused-ring (bicyclic) bond motifs is 1. The summed E-state index contributed by atoms with van der Waals surface area (Å²) in [5, 5.41) is 9.82. The Balaban J connectivity index is 1.51. The normalized spacial score (nSPS) is 10.9. The third-order valence-electron chi connectivity index (χ3n) is 3.95. The molecular formula is C17H19N5O2S. The highest BCUT2D eigenvalue weighted by molar-refractivity contribution is 7.71. The van der Waals surface area contributed by atoms with Crippen LogP contribution in [0, 0.1) is 4.77 Å². The van der Waals surface area contributed by atoms with E-state index in [0.29, 0.717) is 28.9 Å². The predicted molar refractivity (Wildman–Crippen MR) is 99.1 cm³/mol. The van der Waals surface area contributed by atoms with Gasteiger partial charge >= 0.3 is 0 Å². The van der Waals surface area contributed by atoms with Crippen LogP contribution in [0.1, 0.15) is 25.7 Å². The second-order valence-corrected chi connectivity index (χ2v) is 6.15. The molecule has 0 radical (unpaired) electrons. The highest BCUT2D eigenvalue weighted by atomic mass is 32.1. The van der Waals surface area contributed by atoms with Crippen molar-refractivity contribution in [3.05, 3.63) is 51.7 Å². The first kappa shape index (κ1) is 17.1. The summed E-state index contributed by atoms with van der Waals surface area (Å²) in [6.07, 6.45) is 4.38. The second-order valence-electron chi connectivity index (χ2n) is 5.76. The van der Waals surface area contributed by atoms with Gasteiger partial charge in [0.05, 0.1) is 17.1 Å². The Kier molecular flexibility index (Phi) is 5.39. The lowest BCUT2D eigenvalue weighted by atomic mass is 10.2. The van der Waals surface area contributed by atoms with Crippen molar-refractivity contribution in [2.45, 2.75) is 32.2 Å². The molecule has 25 heavy (non-hydrogen) atoms. The van der Waals surface area contributed by atoms with Crippen LogP contribution in [-0.4, -0.2) is 25.7 Å². The maximum atomic E-state index is 12.5. The van der Waals surface area contributed by atoms with Crippen molar-refractivity contribution in [1.29, 1.82) is 0 Å². The lowest BCUT2D eigenvalue weighted by Crippen LogP contribution is -2.22. The van der Waals surface area contributed by atoms with Crippen LogP contribution < -0.4 is 10.9 Å². The molecule has 0 aliphatic rings. The molecule has 3 rings (SSSR count). The summed E-state index contributed by atoms with van der Waals surface area (Å²) in [6.45, 7) is 0.543. The Morgan fingerprint density at radius 3 is 2.84 bits per heavy atom. The van der Waals surface area contributed by atoms with Gasteiger partial charge in [-0.05, 0) is 37.2 Å². The Morgan fingerprint density at radius 2 is 2.04 bits per heavy atom. The average Bonchev–Trinajstić information content (AvgIpc) is 3.10. The van der Waals surface area contributed by atoms with E-state index in [9.17, 15) is 9.59 Å². The van der Waals surface area contributed by atoms with E-state index in [-0.39, 0.29) is 11.5 Å². The van der Waals surface area contributed by atoms with Gasteiger partial charge < -0.3 is 10.3 Å². The molecule has 2 aromatic heterocycles. The zero-order chi connectivity index (χ0) is 17.6. The number of benzene rings is 1. The van der Waals surface area contributed by atoms with Crippen molar-refractivity contribution >= 4 is 34.8 Å². The predicted octanol–water partition coefficient (Wildman–Crippen LogP) is 2.98. The van der Waals surface area contributed by atoms with Crippen molar-refractivity contribution in [2.75, 3.05) is 5.32 Å². The van der Waals surface area contributed by atoms with E-state index in [4.69, 9.17) is 12.2 Å². The molecule has 1 aromatic carbocycles. The molecule has 7 nitrogen and oxygen atoms in total. The first-order valence-corrected chi connectivity index (χ1v) is 8.57. The highest BCUT2D eigenvalue weighted by Crippen LogP contribution is 2.08. The number of hydrogen-bond donors (Lipinski definition) is 3. The van der Waals surface area contributed by atoms with Crippen LogP contribution in [0.15, 0.2) is 41.3 Å². The van der Waals surface area contributed by atoms with Crippen LogP contribution >= 0.6 is 12.2 Å². The topological polar surface area (TPSA) is 95.6 Å². The number of carbonyl (C=O) groups is 1. The summed E-state index contributed by atoms with van der Waals surface area (Å²) in [5.74, 6) is 0.545. The van der Waals surface area contributed by atoms with Gasteiger partial charge in [0, 0.05) is 19.0 Å². The van der Waals surface area contributed by atoms with Crippen LogP contribution in [0.2, 0.25) is 0 Å². The van der Waals surface area contributed by atoms with Crippen LogP contribution in [0.3, 0.4) is 0 Å². The standard InChI is InChI=1S/C17H19N5O2S/c23-15(20-14-9-10-18-21-14)8-2-1-5-11-22-16(24)12-6-3-4-7-13(12)19-17(22)25/h3-4,6-7,9-10H,1-2,5,8,11H2,(H,19,25)(H2,18,20,21,23). The number of anilines is 1. The summed E-state index contributed by atoms with van der Waals surface area (Å²) in [6, 6.07) is 9.04. The van der Waals surface area contributed by atoms with Gasteiger partial charge in [-0.25, -0.2) is 0 Å². The van der Waals surface area contributed by atoms with Gasteiger partial charge in [-0.15, -0.1) is 0 Å². The summed E-state index contributed by atoms with van der Waals surface area (Å²) >= 11 is 5.28. The Hall–Kier alpha value is -2.74. The molecule has 0 saturated heterocycles. The van der Waals surface area contributed by atoms with E-state index in [1.807, 2.05) is 18.2 Å². The molecule has 0 fully saturated rings. The Morgan fingerprint density at radius 1 is 1.20 bits per heavy atom. The van der Waals surface area contributed by atoms with Crippen LogP contribution in [0.4, 0.5) is 5.82 Å². The van der Waals surface area contributed by atoms with Gasteiger partial charge in [0.2, 0.25) is 5.91 Å². The van der Waals surface area contributed by atoms with E-state index < -0.39 is 0 Å².